The SMILES string of the molecule is CCCS(=O)(=O)NC(C)(C)Cn1c(Cc2cc3c(cc2I)CCC3F)nc2c(N)nc(F)nc21. The van der Waals surface area contributed by atoms with Crippen molar-refractivity contribution in [3.05, 3.63) is 44.3 Å². The maximum Gasteiger partial charge on any atom is 0.312 e. The Kier molecular flexibility index (Phi) is 6.86. The number of hydrogen-bond donors (Lipinski definition) is 2. The minimum absolute atomic E-state index is 0.00454. The molecule has 0 amide bonds. The summed E-state index contributed by atoms with van der Waals surface area (Å²) in [6, 6.07) is 3.86. The van der Waals surface area contributed by atoms with Gasteiger partial charge in [-0.05, 0) is 78.5 Å². The van der Waals surface area contributed by atoms with Gasteiger partial charge in [0, 0.05) is 22.1 Å². The number of nitrogens with zero attached hydrogens (tertiary/aromatic N) is 4. The van der Waals surface area contributed by atoms with Crippen molar-refractivity contribution in [2.75, 3.05) is 11.5 Å². The summed E-state index contributed by atoms with van der Waals surface area (Å²) in [5.41, 5.74) is 8.00. The molecule has 34 heavy (non-hydrogen) atoms. The van der Waals surface area contributed by atoms with Crippen LogP contribution >= 0.6 is 22.6 Å². The van der Waals surface area contributed by atoms with Gasteiger partial charge in [-0.1, -0.05) is 13.0 Å². The topological polar surface area (TPSA) is 116 Å². The van der Waals surface area contributed by atoms with Gasteiger partial charge in [0.15, 0.2) is 17.0 Å². The quantitative estimate of drug-likeness (QED) is 0.299. The second-order valence-electron chi connectivity index (χ2n) is 9.29. The Morgan fingerprint density at radius 3 is 2.74 bits per heavy atom. The van der Waals surface area contributed by atoms with E-state index in [4.69, 9.17) is 5.73 Å². The lowest BCUT2D eigenvalue weighted by Crippen LogP contribution is -2.47. The van der Waals surface area contributed by atoms with Crippen molar-refractivity contribution in [3.8, 4) is 0 Å². The van der Waals surface area contributed by atoms with Gasteiger partial charge in [0.2, 0.25) is 10.0 Å². The number of benzene rings is 1. The number of alkyl halides is 1. The monoisotopic (exact) mass is 604 g/mol. The van der Waals surface area contributed by atoms with Crippen molar-refractivity contribution in [2.24, 2.45) is 0 Å². The van der Waals surface area contributed by atoms with Crippen molar-refractivity contribution < 1.29 is 17.2 Å². The van der Waals surface area contributed by atoms with E-state index in [1.165, 1.54) is 0 Å². The normalized spacial score (nSPS) is 16.4. The van der Waals surface area contributed by atoms with Crippen LogP contribution in [0.3, 0.4) is 0 Å². The van der Waals surface area contributed by atoms with Gasteiger partial charge in [-0.25, -0.2) is 22.5 Å². The first kappa shape index (κ1) is 25.2. The number of sulfonamides is 1. The Labute approximate surface area is 211 Å². The average molecular weight is 604 g/mol. The molecule has 12 heteroatoms. The van der Waals surface area contributed by atoms with Gasteiger partial charge in [-0.15, -0.1) is 0 Å². The molecule has 0 fully saturated rings. The van der Waals surface area contributed by atoms with Crippen LogP contribution in [0.4, 0.5) is 14.6 Å². The number of fused-ring (bicyclic) bond motifs is 2. The molecule has 3 aromatic rings. The number of aromatic nitrogens is 4. The van der Waals surface area contributed by atoms with Crippen molar-refractivity contribution in [1.29, 1.82) is 0 Å². The van der Waals surface area contributed by atoms with E-state index in [1.54, 1.807) is 25.3 Å². The molecule has 1 aromatic carbocycles. The zero-order valence-corrected chi connectivity index (χ0v) is 22.2. The molecule has 1 unspecified atom stereocenters. The maximum atomic E-state index is 14.4. The van der Waals surface area contributed by atoms with Gasteiger partial charge >= 0.3 is 6.08 Å². The molecule has 3 N–H and O–H groups in total. The summed E-state index contributed by atoms with van der Waals surface area (Å²) >= 11 is 2.22. The number of rotatable bonds is 8. The van der Waals surface area contributed by atoms with E-state index in [2.05, 4.69) is 42.3 Å². The number of aryl methyl sites for hydroxylation is 1. The van der Waals surface area contributed by atoms with Gasteiger partial charge < -0.3 is 10.3 Å². The fraction of sp³-hybridized carbons (Fsp3) is 0.500. The third-order valence-electron chi connectivity index (χ3n) is 5.79. The number of hydrogen-bond acceptors (Lipinski definition) is 6. The molecule has 0 radical (unpaired) electrons. The number of nitrogens with one attached hydrogen (secondary N) is 1. The van der Waals surface area contributed by atoms with Crippen LogP contribution in [0.1, 0.15) is 62.3 Å². The summed E-state index contributed by atoms with van der Waals surface area (Å²) in [6.07, 6.45) is -0.00542. The summed E-state index contributed by atoms with van der Waals surface area (Å²) in [5.74, 6) is 0.407. The molecule has 2 aromatic heterocycles. The summed E-state index contributed by atoms with van der Waals surface area (Å²) in [4.78, 5) is 12.1. The van der Waals surface area contributed by atoms with Gasteiger partial charge in [-0.3, -0.25) is 0 Å². The van der Waals surface area contributed by atoms with Gasteiger partial charge in [0.25, 0.3) is 0 Å². The second kappa shape index (κ2) is 9.26. The number of anilines is 1. The van der Waals surface area contributed by atoms with Crippen LogP contribution in [-0.4, -0.2) is 39.2 Å². The van der Waals surface area contributed by atoms with E-state index in [0.717, 1.165) is 14.7 Å². The average Bonchev–Trinajstić information content (AvgIpc) is 3.22. The molecule has 8 nitrogen and oxygen atoms in total. The highest BCUT2D eigenvalue weighted by Gasteiger charge is 2.29. The number of imidazole rings is 1. The van der Waals surface area contributed by atoms with Crippen molar-refractivity contribution in [2.45, 2.75) is 64.7 Å². The molecular formula is C22H27F2IN6O2S. The zero-order valence-electron chi connectivity index (χ0n) is 19.2. The Hall–Kier alpha value is -1.93. The van der Waals surface area contributed by atoms with Crippen LogP contribution < -0.4 is 10.5 Å². The second-order valence-corrected chi connectivity index (χ2v) is 12.3. The Balaban J connectivity index is 1.78. The van der Waals surface area contributed by atoms with E-state index < -0.39 is 27.8 Å². The highest BCUT2D eigenvalue weighted by molar-refractivity contribution is 14.1. The van der Waals surface area contributed by atoms with E-state index in [0.29, 0.717) is 37.1 Å². The summed E-state index contributed by atoms with van der Waals surface area (Å²) in [5, 5.41) is 0. The predicted molar refractivity (Wildman–Crippen MR) is 135 cm³/mol. The maximum absolute atomic E-state index is 14.4. The molecule has 1 atom stereocenters. The Bertz CT molecular complexity index is 1360. The smallest absolute Gasteiger partial charge is 0.312 e. The molecule has 0 saturated heterocycles. The third-order valence-corrected chi connectivity index (χ3v) is 8.61. The Morgan fingerprint density at radius 2 is 2.03 bits per heavy atom. The fourth-order valence-electron chi connectivity index (χ4n) is 4.44. The largest absolute Gasteiger partial charge is 0.382 e. The summed E-state index contributed by atoms with van der Waals surface area (Å²) in [6.45, 7) is 5.40. The van der Waals surface area contributed by atoms with Crippen LogP contribution in [0.25, 0.3) is 11.2 Å². The minimum Gasteiger partial charge on any atom is -0.382 e. The van der Waals surface area contributed by atoms with Crippen LogP contribution in [0.15, 0.2) is 12.1 Å². The van der Waals surface area contributed by atoms with Crippen LogP contribution in [0.5, 0.6) is 0 Å². The first-order valence-electron chi connectivity index (χ1n) is 11.0. The lowest BCUT2D eigenvalue weighted by atomic mass is 10.0. The summed E-state index contributed by atoms with van der Waals surface area (Å²) in [7, 11) is -3.51. The summed E-state index contributed by atoms with van der Waals surface area (Å²) < 4.78 is 58.7. The van der Waals surface area contributed by atoms with Crippen molar-refractivity contribution in [1.82, 2.24) is 24.2 Å². The first-order chi connectivity index (χ1) is 15.9. The van der Waals surface area contributed by atoms with E-state index >= 15 is 0 Å². The van der Waals surface area contributed by atoms with Crippen molar-refractivity contribution >= 4 is 49.6 Å². The van der Waals surface area contributed by atoms with E-state index in [1.807, 2.05) is 12.1 Å². The fourth-order valence-corrected chi connectivity index (χ4v) is 6.71. The first-order valence-corrected chi connectivity index (χ1v) is 13.8. The number of nitrogen functional groups attached to an aromatic ring is 1. The molecule has 184 valence electrons. The van der Waals surface area contributed by atoms with Crippen LogP contribution in [-0.2, 0) is 29.4 Å². The van der Waals surface area contributed by atoms with Gasteiger partial charge in [-0.2, -0.15) is 14.4 Å². The minimum atomic E-state index is -3.51. The van der Waals surface area contributed by atoms with Gasteiger partial charge in [0.1, 0.15) is 12.0 Å². The predicted octanol–water partition coefficient (Wildman–Crippen LogP) is 3.81. The molecule has 1 aliphatic carbocycles. The zero-order chi connectivity index (χ0) is 24.8. The molecule has 0 bridgehead atoms. The highest BCUT2D eigenvalue weighted by atomic mass is 127. The van der Waals surface area contributed by atoms with E-state index in [-0.39, 0.29) is 29.3 Å². The van der Waals surface area contributed by atoms with E-state index in [9.17, 15) is 17.2 Å². The molecule has 0 saturated carbocycles. The lowest BCUT2D eigenvalue weighted by molar-refractivity contribution is 0.343. The molecule has 2 heterocycles. The standard InChI is InChI=1S/C22H27F2IN6O2S/c1-4-7-34(32,33)30-22(2,3)11-31-17(27-18-19(26)28-21(24)29-20(18)31)10-13-8-14-12(9-16(13)25)5-6-15(14)23/h8-9,15,30H,4-7,10-11H2,1-3H3,(H2,26,28,29). The van der Waals surface area contributed by atoms with Crippen LogP contribution in [0.2, 0.25) is 0 Å². The molecule has 1 aliphatic rings. The molecule has 0 spiro atoms. The number of halogens is 3. The van der Waals surface area contributed by atoms with Crippen LogP contribution in [0, 0.1) is 9.65 Å². The lowest BCUT2D eigenvalue weighted by Gasteiger charge is -2.27. The molecule has 4 rings (SSSR count). The highest BCUT2D eigenvalue weighted by Crippen LogP contribution is 2.37. The molecular weight excluding hydrogens is 577 g/mol. The third kappa shape index (κ3) is 5.18. The number of nitrogens with two attached hydrogens (primary N) is 1. The molecule has 0 aliphatic heterocycles. The van der Waals surface area contributed by atoms with Crippen molar-refractivity contribution in [3.63, 3.8) is 0 Å². The van der Waals surface area contributed by atoms with Gasteiger partial charge in [0.05, 0.1) is 5.75 Å². The Morgan fingerprint density at radius 1 is 1.29 bits per heavy atom.